The zero-order chi connectivity index (χ0) is 14.1. The second-order valence-electron chi connectivity index (χ2n) is 4.19. The topological polar surface area (TPSA) is 45.7 Å². The van der Waals surface area contributed by atoms with E-state index in [4.69, 9.17) is 4.74 Å². The number of hydrogen-bond donors (Lipinski definition) is 2. The van der Waals surface area contributed by atoms with Gasteiger partial charge in [0.15, 0.2) is 5.96 Å². The number of nitrogens with zero attached hydrogens (tertiary/aromatic N) is 1. The second-order valence-corrected chi connectivity index (χ2v) is 5.10. The van der Waals surface area contributed by atoms with Gasteiger partial charge < -0.3 is 15.4 Å². The van der Waals surface area contributed by atoms with Crippen molar-refractivity contribution in [3.63, 3.8) is 0 Å². The molecule has 5 heteroatoms. The quantitative estimate of drug-likeness (QED) is 0.479. The lowest BCUT2D eigenvalue weighted by Gasteiger charge is -2.11. The van der Waals surface area contributed by atoms with E-state index in [-0.39, 0.29) is 0 Å². The Hall–Kier alpha value is -1.07. The molecule has 0 amide bonds. The van der Waals surface area contributed by atoms with Crippen LogP contribution in [-0.4, -0.2) is 32.8 Å². The number of nitrogens with one attached hydrogen (secondary N) is 2. The lowest BCUT2D eigenvalue weighted by molar-refractivity contribution is 0.203. The molecule has 0 aliphatic heterocycles. The van der Waals surface area contributed by atoms with E-state index < -0.39 is 0 Å². The Morgan fingerprint density at radius 3 is 2.79 bits per heavy atom. The fourth-order valence-corrected chi connectivity index (χ4v) is 2.09. The first-order valence-electron chi connectivity index (χ1n) is 6.43. The molecule has 0 spiro atoms. The maximum Gasteiger partial charge on any atom is 0.191 e. The molecule has 1 aromatic carbocycles. The first-order chi connectivity index (χ1) is 9.17. The minimum atomic E-state index is 0.668. The van der Waals surface area contributed by atoms with Crippen molar-refractivity contribution in [2.75, 3.05) is 26.8 Å². The van der Waals surface area contributed by atoms with E-state index >= 15 is 0 Å². The largest absolute Gasteiger partial charge is 0.383 e. The highest BCUT2D eigenvalue weighted by Crippen LogP contribution is 2.16. The molecule has 1 rings (SSSR count). The zero-order valence-electron chi connectivity index (χ0n) is 11.8. The molecule has 0 bridgehead atoms. The van der Waals surface area contributed by atoms with E-state index in [1.54, 1.807) is 7.11 Å². The van der Waals surface area contributed by atoms with Crippen LogP contribution >= 0.6 is 15.9 Å². The van der Waals surface area contributed by atoms with E-state index in [0.29, 0.717) is 13.2 Å². The Balaban J connectivity index is 2.63. The third kappa shape index (κ3) is 6.07. The number of benzene rings is 1. The number of ether oxygens (including phenoxy) is 1. The van der Waals surface area contributed by atoms with Crippen LogP contribution in [0.1, 0.15) is 18.1 Å². The second kappa shape index (κ2) is 8.93. The van der Waals surface area contributed by atoms with E-state index in [9.17, 15) is 0 Å². The summed E-state index contributed by atoms with van der Waals surface area (Å²) in [5.74, 6) is 0.821. The fraction of sp³-hybridized carbons (Fsp3) is 0.500. The Kier molecular flexibility index (Phi) is 7.52. The molecule has 2 N–H and O–H groups in total. The first kappa shape index (κ1) is 16.0. The lowest BCUT2D eigenvalue weighted by atomic mass is 10.1. The molecule has 0 aliphatic rings. The summed E-state index contributed by atoms with van der Waals surface area (Å²) in [6.45, 7) is 7.09. The van der Waals surface area contributed by atoms with Crippen LogP contribution in [-0.2, 0) is 11.3 Å². The van der Waals surface area contributed by atoms with Crippen molar-refractivity contribution < 1.29 is 4.74 Å². The number of aryl methyl sites for hydroxylation is 1. The van der Waals surface area contributed by atoms with Gasteiger partial charge in [0, 0.05) is 24.7 Å². The molecular formula is C14H22BrN3O. The van der Waals surface area contributed by atoms with Gasteiger partial charge in [-0.15, -0.1) is 0 Å². The number of rotatable bonds is 6. The van der Waals surface area contributed by atoms with Crippen LogP contribution in [0.2, 0.25) is 0 Å². The van der Waals surface area contributed by atoms with Crippen LogP contribution in [0.4, 0.5) is 0 Å². The SMILES string of the molecule is CCNC(=NCc1ccc(Br)cc1C)NCCOC. The summed E-state index contributed by atoms with van der Waals surface area (Å²) >= 11 is 3.47. The maximum atomic E-state index is 5.01. The number of guanidine groups is 1. The van der Waals surface area contributed by atoms with Crippen molar-refractivity contribution in [2.45, 2.75) is 20.4 Å². The molecule has 19 heavy (non-hydrogen) atoms. The van der Waals surface area contributed by atoms with Gasteiger partial charge in [-0.25, -0.2) is 4.99 Å². The van der Waals surface area contributed by atoms with Crippen LogP contribution in [0.25, 0.3) is 0 Å². The van der Waals surface area contributed by atoms with E-state index in [1.165, 1.54) is 11.1 Å². The number of methoxy groups -OCH3 is 1. The van der Waals surface area contributed by atoms with Crippen LogP contribution in [0.15, 0.2) is 27.7 Å². The average Bonchev–Trinajstić information content (AvgIpc) is 2.37. The number of aliphatic imine (C=N–C) groups is 1. The molecule has 0 aromatic heterocycles. The highest BCUT2D eigenvalue weighted by molar-refractivity contribution is 9.10. The van der Waals surface area contributed by atoms with Crippen LogP contribution in [0.5, 0.6) is 0 Å². The predicted molar refractivity (Wildman–Crippen MR) is 83.6 cm³/mol. The van der Waals surface area contributed by atoms with Gasteiger partial charge in [-0.3, -0.25) is 0 Å². The van der Waals surface area contributed by atoms with Crippen molar-refractivity contribution in [2.24, 2.45) is 4.99 Å². The monoisotopic (exact) mass is 327 g/mol. The molecule has 0 unspecified atom stereocenters. The van der Waals surface area contributed by atoms with Crippen LogP contribution in [0, 0.1) is 6.92 Å². The first-order valence-corrected chi connectivity index (χ1v) is 7.22. The van der Waals surface area contributed by atoms with Crippen LogP contribution in [0.3, 0.4) is 0 Å². The minimum Gasteiger partial charge on any atom is -0.383 e. The molecule has 0 heterocycles. The molecule has 0 saturated heterocycles. The molecule has 0 fully saturated rings. The third-order valence-electron chi connectivity index (χ3n) is 2.66. The van der Waals surface area contributed by atoms with Crippen LogP contribution < -0.4 is 10.6 Å². The summed E-state index contributed by atoms with van der Waals surface area (Å²) in [5, 5.41) is 6.44. The van der Waals surface area contributed by atoms with Gasteiger partial charge in [0.25, 0.3) is 0 Å². The zero-order valence-corrected chi connectivity index (χ0v) is 13.4. The molecule has 0 saturated carbocycles. The van der Waals surface area contributed by atoms with Gasteiger partial charge in [-0.05, 0) is 37.1 Å². The Bertz CT molecular complexity index is 421. The molecule has 4 nitrogen and oxygen atoms in total. The smallest absolute Gasteiger partial charge is 0.191 e. The van der Waals surface area contributed by atoms with Gasteiger partial charge in [0.1, 0.15) is 0 Å². The van der Waals surface area contributed by atoms with Gasteiger partial charge in [-0.1, -0.05) is 22.0 Å². The fourth-order valence-electron chi connectivity index (χ4n) is 1.61. The molecule has 0 radical (unpaired) electrons. The molecule has 1 aromatic rings. The molecular weight excluding hydrogens is 306 g/mol. The summed E-state index contributed by atoms with van der Waals surface area (Å²) in [4.78, 5) is 4.57. The van der Waals surface area contributed by atoms with E-state index in [0.717, 1.165) is 23.5 Å². The Morgan fingerprint density at radius 1 is 1.37 bits per heavy atom. The maximum absolute atomic E-state index is 5.01. The highest BCUT2D eigenvalue weighted by Gasteiger charge is 2.00. The molecule has 0 atom stereocenters. The Morgan fingerprint density at radius 2 is 2.16 bits per heavy atom. The summed E-state index contributed by atoms with van der Waals surface area (Å²) in [6.07, 6.45) is 0. The normalized spacial score (nSPS) is 11.5. The van der Waals surface area contributed by atoms with Gasteiger partial charge >= 0.3 is 0 Å². The van der Waals surface area contributed by atoms with Gasteiger partial charge in [0.05, 0.1) is 13.2 Å². The van der Waals surface area contributed by atoms with E-state index in [2.05, 4.69) is 57.5 Å². The minimum absolute atomic E-state index is 0.668. The van der Waals surface area contributed by atoms with Crippen molar-refractivity contribution in [1.29, 1.82) is 0 Å². The van der Waals surface area contributed by atoms with Crippen molar-refractivity contribution in [3.8, 4) is 0 Å². The lowest BCUT2D eigenvalue weighted by Crippen LogP contribution is -2.38. The summed E-state index contributed by atoms with van der Waals surface area (Å²) in [7, 11) is 1.69. The number of halogens is 1. The Labute approximate surface area is 123 Å². The third-order valence-corrected chi connectivity index (χ3v) is 3.15. The van der Waals surface area contributed by atoms with Crippen molar-refractivity contribution in [1.82, 2.24) is 10.6 Å². The average molecular weight is 328 g/mol. The summed E-state index contributed by atoms with van der Waals surface area (Å²) < 4.78 is 6.11. The highest BCUT2D eigenvalue weighted by atomic mass is 79.9. The standard InChI is InChI=1S/C14H22BrN3O/c1-4-16-14(17-7-8-19-3)18-10-12-5-6-13(15)9-11(12)2/h5-6,9H,4,7-8,10H2,1-3H3,(H2,16,17,18). The van der Waals surface area contributed by atoms with Gasteiger partial charge in [0.2, 0.25) is 0 Å². The number of hydrogen-bond acceptors (Lipinski definition) is 2. The van der Waals surface area contributed by atoms with Gasteiger partial charge in [-0.2, -0.15) is 0 Å². The summed E-state index contributed by atoms with van der Waals surface area (Å²) in [5.41, 5.74) is 2.47. The summed E-state index contributed by atoms with van der Waals surface area (Å²) in [6, 6.07) is 6.25. The van der Waals surface area contributed by atoms with E-state index in [1.807, 2.05) is 6.07 Å². The molecule has 0 aliphatic carbocycles. The predicted octanol–water partition coefficient (Wildman–Crippen LogP) is 2.46. The molecule has 106 valence electrons. The van der Waals surface area contributed by atoms with Crippen molar-refractivity contribution in [3.05, 3.63) is 33.8 Å². The van der Waals surface area contributed by atoms with Crippen molar-refractivity contribution >= 4 is 21.9 Å².